The van der Waals surface area contributed by atoms with E-state index in [1.807, 2.05) is 67.5 Å². The Morgan fingerprint density at radius 1 is 0.556 bits per heavy atom. The maximum absolute atomic E-state index is 10.7. The van der Waals surface area contributed by atoms with Crippen LogP contribution >= 0.6 is 0 Å². The number of rotatable bonds is 6. The smallest absolute Gasteiger partial charge is 0.0874 e. The van der Waals surface area contributed by atoms with E-state index in [0.717, 1.165) is 0 Å². The van der Waals surface area contributed by atoms with Gasteiger partial charge in [0.25, 0.3) is 0 Å². The fraction of sp³-hybridized carbons (Fsp3) is 0.875. The number of hydrogen-bond donors (Lipinski definition) is 2. The lowest BCUT2D eigenvalue weighted by molar-refractivity contribution is -0.0169. The van der Waals surface area contributed by atoms with Crippen LogP contribution in [0.15, 0.2) is 12.2 Å². The summed E-state index contributed by atoms with van der Waals surface area (Å²) in [6, 6.07) is 0. The molecule has 0 saturated carbocycles. The summed E-state index contributed by atoms with van der Waals surface area (Å²) in [5, 5.41) is 21.4. The van der Waals surface area contributed by atoms with Crippen LogP contribution in [0.25, 0.3) is 0 Å². The van der Waals surface area contributed by atoms with Gasteiger partial charge in [-0.3, -0.25) is 0 Å². The zero-order valence-electron chi connectivity index (χ0n) is 13.4. The summed E-state index contributed by atoms with van der Waals surface area (Å²) in [6.07, 6.45) is 3.62. The van der Waals surface area contributed by atoms with Gasteiger partial charge in [-0.05, 0) is 23.7 Å². The molecule has 2 N–H and O–H groups in total. The highest BCUT2D eigenvalue weighted by Gasteiger charge is 2.36. The monoisotopic (exact) mass is 256 g/mol. The molecule has 108 valence electrons. The van der Waals surface area contributed by atoms with Gasteiger partial charge in [-0.25, -0.2) is 0 Å². The number of aliphatic hydroxyl groups is 2. The Morgan fingerprint density at radius 2 is 0.722 bits per heavy atom. The topological polar surface area (TPSA) is 40.5 Å². The molecule has 0 amide bonds. The van der Waals surface area contributed by atoms with Crippen molar-refractivity contribution in [1.82, 2.24) is 0 Å². The third-order valence-corrected chi connectivity index (χ3v) is 4.32. The second kappa shape index (κ2) is 6.21. The van der Waals surface area contributed by atoms with Gasteiger partial charge in [0.2, 0.25) is 0 Å². The van der Waals surface area contributed by atoms with E-state index in [1.54, 1.807) is 0 Å². The van der Waals surface area contributed by atoms with Crippen molar-refractivity contribution >= 4 is 0 Å². The Balaban J connectivity index is 5.32. The summed E-state index contributed by atoms with van der Waals surface area (Å²) in [5.41, 5.74) is -1.73. The molecule has 0 aromatic heterocycles. The minimum atomic E-state index is -0.863. The lowest BCUT2D eigenvalue weighted by atomic mass is 9.75. The molecule has 0 aliphatic carbocycles. The average molecular weight is 256 g/mol. The largest absolute Gasteiger partial charge is 0.385 e. The molecule has 0 aromatic carbocycles. The van der Waals surface area contributed by atoms with E-state index in [9.17, 15) is 10.2 Å². The predicted octanol–water partition coefficient (Wildman–Crippen LogP) is 3.63. The molecular weight excluding hydrogens is 224 g/mol. The number of hydrogen-bond acceptors (Lipinski definition) is 2. The highest BCUT2D eigenvalue weighted by Crippen LogP contribution is 2.32. The van der Waals surface area contributed by atoms with E-state index in [-0.39, 0.29) is 23.7 Å². The molecule has 0 unspecified atom stereocenters. The molecule has 2 nitrogen and oxygen atoms in total. The Labute approximate surface area is 113 Å². The Hall–Kier alpha value is -0.340. The molecule has 0 aliphatic heterocycles. The first kappa shape index (κ1) is 17.7. The van der Waals surface area contributed by atoms with Crippen molar-refractivity contribution in [3.05, 3.63) is 12.2 Å². The van der Waals surface area contributed by atoms with Gasteiger partial charge in [-0.1, -0.05) is 67.5 Å². The van der Waals surface area contributed by atoms with Gasteiger partial charge in [0.05, 0.1) is 11.2 Å². The third-order valence-electron chi connectivity index (χ3n) is 4.32. The molecule has 0 aromatic rings. The van der Waals surface area contributed by atoms with Crippen LogP contribution in [0.3, 0.4) is 0 Å². The van der Waals surface area contributed by atoms with Crippen molar-refractivity contribution in [3.8, 4) is 0 Å². The molecule has 0 heterocycles. The van der Waals surface area contributed by atoms with E-state index < -0.39 is 11.2 Å². The van der Waals surface area contributed by atoms with Gasteiger partial charge < -0.3 is 10.2 Å². The van der Waals surface area contributed by atoms with Crippen LogP contribution in [-0.4, -0.2) is 21.4 Å². The highest BCUT2D eigenvalue weighted by atomic mass is 16.3. The predicted molar refractivity (Wildman–Crippen MR) is 78.4 cm³/mol. The van der Waals surface area contributed by atoms with Crippen LogP contribution < -0.4 is 0 Å². The van der Waals surface area contributed by atoms with Crippen molar-refractivity contribution in [1.29, 1.82) is 0 Å². The Morgan fingerprint density at radius 3 is 0.833 bits per heavy atom. The second-order valence-corrected chi connectivity index (χ2v) is 6.73. The van der Waals surface area contributed by atoms with E-state index >= 15 is 0 Å². The van der Waals surface area contributed by atoms with E-state index in [0.29, 0.717) is 0 Å². The molecule has 2 heteroatoms. The molecular formula is C16H32O2. The van der Waals surface area contributed by atoms with E-state index in [2.05, 4.69) is 0 Å². The zero-order valence-corrected chi connectivity index (χ0v) is 13.4. The summed E-state index contributed by atoms with van der Waals surface area (Å²) in [7, 11) is 0. The molecule has 0 saturated heterocycles. The van der Waals surface area contributed by atoms with Crippen molar-refractivity contribution in [2.75, 3.05) is 0 Å². The SMILES string of the molecule is CC(C)C(O)(/C=C/C(O)(C(C)C)C(C)C)C(C)C. The van der Waals surface area contributed by atoms with Crippen LogP contribution in [0.4, 0.5) is 0 Å². The van der Waals surface area contributed by atoms with Gasteiger partial charge in [-0.15, -0.1) is 0 Å². The fourth-order valence-corrected chi connectivity index (χ4v) is 2.37. The molecule has 0 spiro atoms. The standard InChI is InChI=1S/C16H32O2/c1-11(2)15(17,12(3)4)9-10-16(18,13(5)6)14(7)8/h9-14,17-18H,1-8H3/b10-9+. The lowest BCUT2D eigenvalue weighted by Crippen LogP contribution is -2.42. The molecule has 0 radical (unpaired) electrons. The van der Waals surface area contributed by atoms with Crippen LogP contribution in [0, 0.1) is 23.7 Å². The maximum Gasteiger partial charge on any atom is 0.0874 e. The molecule has 18 heavy (non-hydrogen) atoms. The van der Waals surface area contributed by atoms with Crippen molar-refractivity contribution in [3.63, 3.8) is 0 Å². The molecule has 0 rings (SSSR count). The quantitative estimate of drug-likeness (QED) is 0.712. The molecule has 0 atom stereocenters. The fourth-order valence-electron chi connectivity index (χ4n) is 2.37. The highest BCUT2D eigenvalue weighted by molar-refractivity contribution is 5.13. The molecule has 0 fully saturated rings. The first-order valence-electron chi connectivity index (χ1n) is 7.13. The van der Waals surface area contributed by atoms with Gasteiger partial charge in [0.15, 0.2) is 0 Å². The first-order valence-corrected chi connectivity index (χ1v) is 7.13. The van der Waals surface area contributed by atoms with Gasteiger partial charge in [0.1, 0.15) is 0 Å². The lowest BCUT2D eigenvalue weighted by Gasteiger charge is -2.37. The summed E-state index contributed by atoms with van der Waals surface area (Å²) in [6.45, 7) is 16.1. The average Bonchev–Trinajstić information content (AvgIpc) is 2.23. The Bertz CT molecular complexity index is 231. The van der Waals surface area contributed by atoms with Crippen molar-refractivity contribution in [2.45, 2.75) is 66.6 Å². The van der Waals surface area contributed by atoms with Gasteiger partial charge >= 0.3 is 0 Å². The van der Waals surface area contributed by atoms with Crippen molar-refractivity contribution < 1.29 is 10.2 Å². The summed E-state index contributed by atoms with van der Waals surface area (Å²) in [5.74, 6) is 0.490. The second-order valence-electron chi connectivity index (χ2n) is 6.73. The summed E-state index contributed by atoms with van der Waals surface area (Å²) >= 11 is 0. The minimum absolute atomic E-state index is 0.123. The van der Waals surface area contributed by atoms with E-state index in [4.69, 9.17) is 0 Å². The van der Waals surface area contributed by atoms with Crippen LogP contribution in [0.2, 0.25) is 0 Å². The third kappa shape index (κ3) is 3.58. The molecule has 0 aliphatic rings. The van der Waals surface area contributed by atoms with E-state index in [1.165, 1.54) is 0 Å². The summed E-state index contributed by atoms with van der Waals surface area (Å²) < 4.78 is 0. The van der Waals surface area contributed by atoms with Gasteiger partial charge in [-0.2, -0.15) is 0 Å². The van der Waals surface area contributed by atoms with Crippen LogP contribution in [0.5, 0.6) is 0 Å². The normalized spacial score (nSPS) is 14.8. The first-order chi connectivity index (χ1) is 7.98. The van der Waals surface area contributed by atoms with Crippen molar-refractivity contribution in [2.24, 2.45) is 23.7 Å². The minimum Gasteiger partial charge on any atom is -0.385 e. The Kier molecular flexibility index (Phi) is 6.09. The summed E-state index contributed by atoms with van der Waals surface area (Å²) in [4.78, 5) is 0. The maximum atomic E-state index is 10.7. The van der Waals surface area contributed by atoms with Crippen LogP contribution in [-0.2, 0) is 0 Å². The van der Waals surface area contributed by atoms with Gasteiger partial charge in [0, 0.05) is 0 Å². The zero-order chi connectivity index (χ0) is 14.7. The molecule has 0 bridgehead atoms. The van der Waals surface area contributed by atoms with Crippen LogP contribution in [0.1, 0.15) is 55.4 Å².